The standard InChI is InChI=1S/C22H24N2O4/c1-4-7-14(2)23-21(25)13-27-22(26)17-12-19(20-11-10-15(3)28-20)24-18-9-6-5-8-16(17)18/h5-6,8-12,14H,4,7,13H2,1-3H3,(H,23,25)/t14-/m0/s1. The van der Waals surface area contributed by atoms with Crippen LogP contribution in [-0.4, -0.2) is 29.5 Å². The van der Waals surface area contributed by atoms with Crippen LogP contribution >= 0.6 is 0 Å². The Morgan fingerprint density at radius 1 is 1.21 bits per heavy atom. The summed E-state index contributed by atoms with van der Waals surface area (Å²) in [5.74, 6) is 0.450. The number of pyridine rings is 1. The maximum Gasteiger partial charge on any atom is 0.339 e. The minimum absolute atomic E-state index is 0.0479. The van der Waals surface area contributed by atoms with Crippen molar-refractivity contribution in [2.75, 3.05) is 6.61 Å². The summed E-state index contributed by atoms with van der Waals surface area (Å²) < 4.78 is 10.9. The molecule has 1 N–H and O–H groups in total. The molecule has 1 amide bonds. The van der Waals surface area contributed by atoms with Crippen molar-refractivity contribution in [1.82, 2.24) is 10.3 Å². The highest BCUT2D eigenvalue weighted by atomic mass is 16.5. The molecule has 1 aromatic carbocycles. The molecule has 0 saturated heterocycles. The quantitative estimate of drug-likeness (QED) is 0.619. The van der Waals surface area contributed by atoms with Gasteiger partial charge in [-0.05, 0) is 44.5 Å². The van der Waals surface area contributed by atoms with Crippen LogP contribution in [0.25, 0.3) is 22.4 Å². The smallest absolute Gasteiger partial charge is 0.339 e. The van der Waals surface area contributed by atoms with E-state index < -0.39 is 5.97 Å². The summed E-state index contributed by atoms with van der Waals surface area (Å²) in [6.07, 6.45) is 1.85. The second-order valence-electron chi connectivity index (χ2n) is 6.82. The molecular weight excluding hydrogens is 356 g/mol. The molecule has 6 heteroatoms. The second-order valence-corrected chi connectivity index (χ2v) is 6.82. The minimum atomic E-state index is -0.568. The van der Waals surface area contributed by atoms with E-state index in [1.54, 1.807) is 12.1 Å². The van der Waals surface area contributed by atoms with E-state index >= 15 is 0 Å². The number of carbonyl (C=O) groups is 2. The SMILES string of the molecule is CCC[C@H](C)NC(=O)COC(=O)c1cc(-c2ccc(C)o2)nc2ccccc12. The molecule has 0 spiro atoms. The van der Waals surface area contributed by atoms with Crippen LogP contribution in [0, 0.1) is 6.92 Å². The van der Waals surface area contributed by atoms with Gasteiger partial charge in [0.25, 0.3) is 5.91 Å². The summed E-state index contributed by atoms with van der Waals surface area (Å²) in [6.45, 7) is 5.50. The summed E-state index contributed by atoms with van der Waals surface area (Å²) in [6, 6.07) is 12.6. The highest BCUT2D eigenvalue weighted by molar-refractivity contribution is 6.05. The number of ether oxygens (including phenoxy) is 1. The van der Waals surface area contributed by atoms with Gasteiger partial charge in [-0.3, -0.25) is 4.79 Å². The van der Waals surface area contributed by atoms with Crippen LogP contribution in [0.3, 0.4) is 0 Å². The third-order valence-corrected chi connectivity index (χ3v) is 4.39. The Labute approximate surface area is 163 Å². The van der Waals surface area contributed by atoms with E-state index in [9.17, 15) is 9.59 Å². The number of fused-ring (bicyclic) bond motifs is 1. The number of nitrogens with zero attached hydrogens (tertiary/aromatic N) is 1. The van der Waals surface area contributed by atoms with Crippen LogP contribution in [0.5, 0.6) is 0 Å². The zero-order chi connectivity index (χ0) is 20.1. The van der Waals surface area contributed by atoms with Gasteiger partial charge in [-0.2, -0.15) is 0 Å². The zero-order valence-electron chi connectivity index (χ0n) is 16.3. The first kappa shape index (κ1) is 19.6. The molecule has 3 rings (SSSR count). The molecular formula is C22H24N2O4. The topological polar surface area (TPSA) is 81.4 Å². The molecule has 6 nitrogen and oxygen atoms in total. The van der Waals surface area contributed by atoms with Gasteiger partial charge in [0.05, 0.1) is 11.1 Å². The van der Waals surface area contributed by atoms with E-state index in [-0.39, 0.29) is 18.6 Å². The van der Waals surface area contributed by atoms with E-state index in [4.69, 9.17) is 9.15 Å². The highest BCUT2D eigenvalue weighted by Gasteiger charge is 2.18. The molecule has 2 heterocycles. The molecule has 0 aliphatic heterocycles. The van der Waals surface area contributed by atoms with Crippen molar-refractivity contribution >= 4 is 22.8 Å². The van der Waals surface area contributed by atoms with E-state index in [0.29, 0.717) is 27.9 Å². The fraction of sp³-hybridized carbons (Fsp3) is 0.318. The molecule has 0 fully saturated rings. The van der Waals surface area contributed by atoms with Crippen LogP contribution in [0.1, 0.15) is 42.8 Å². The maximum absolute atomic E-state index is 12.7. The van der Waals surface area contributed by atoms with Gasteiger partial charge in [0.15, 0.2) is 12.4 Å². The summed E-state index contributed by atoms with van der Waals surface area (Å²) >= 11 is 0. The fourth-order valence-electron chi connectivity index (χ4n) is 3.07. The zero-order valence-corrected chi connectivity index (χ0v) is 16.3. The van der Waals surface area contributed by atoms with Gasteiger partial charge in [0, 0.05) is 11.4 Å². The van der Waals surface area contributed by atoms with Gasteiger partial charge < -0.3 is 14.5 Å². The fourth-order valence-corrected chi connectivity index (χ4v) is 3.07. The van der Waals surface area contributed by atoms with Crippen LogP contribution in [0.4, 0.5) is 0 Å². The number of aromatic nitrogens is 1. The van der Waals surface area contributed by atoms with Crippen LogP contribution < -0.4 is 5.32 Å². The van der Waals surface area contributed by atoms with Gasteiger partial charge in [-0.1, -0.05) is 31.5 Å². The Balaban J connectivity index is 1.83. The Bertz CT molecular complexity index is 993. The average Bonchev–Trinajstić information content (AvgIpc) is 3.11. The summed E-state index contributed by atoms with van der Waals surface area (Å²) in [5, 5.41) is 3.49. The number of amides is 1. The summed E-state index contributed by atoms with van der Waals surface area (Å²) in [4.78, 5) is 29.3. The number of para-hydroxylation sites is 1. The number of carbonyl (C=O) groups excluding carboxylic acids is 2. The lowest BCUT2D eigenvalue weighted by molar-refractivity contribution is -0.124. The lowest BCUT2D eigenvalue weighted by Gasteiger charge is -2.13. The lowest BCUT2D eigenvalue weighted by atomic mass is 10.1. The van der Waals surface area contributed by atoms with Crippen molar-refractivity contribution in [1.29, 1.82) is 0 Å². The number of benzene rings is 1. The first-order chi connectivity index (χ1) is 13.5. The first-order valence-electron chi connectivity index (χ1n) is 9.41. The molecule has 0 saturated carbocycles. The second kappa shape index (κ2) is 8.69. The number of aryl methyl sites for hydroxylation is 1. The van der Waals surface area contributed by atoms with Gasteiger partial charge >= 0.3 is 5.97 Å². The predicted octanol–water partition coefficient (Wildman–Crippen LogP) is 4.26. The molecule has 0 aliphatic carbocycles. The molecule has 0 radical (unpaired) electrons. The molecule has 2 aromatic heterocycles. The highest BCUT2D eigenvalue weighted by Crippen LogP contribution is 2.26. The number of rotatable bonds is 7. The molecule has 1 atom stereocenters. The number of nitrogens with one attached hydrogen (secondary N) is 1. The molecule has 28 heavy (non-hydrogen) atoms. The van der Waals surface area contributed by atoms with Gasteiger partial charge in [0.1, 0.15) is 11.5 Å². The van der Waals surface area contributed by atoms with E-state index in [1.807, 2.05) is 44.2 Å². The first-order valence-corrected chi connectivity index (χ1v) is 9.41. The molecule has 0 aliphatic rings. The predicted molar refractivity (Wildman–Crippen MR) is 107 cm³/mol. The monoisotopic (exact) mass is 380 g/mol. The van der Waals surface area contributed by atoms with Crippen LogP contribution in [0.2, 0.25) is 0 Å². The summed E-state index contributed by atoms with van der Waals surface area (Å²) in [7, 11) is 0. The van der Waals surface area contributed by atoms with Crippen molar-refractivity contribution < 1.29 is 18.7 Å². The third-order valence-electron chi connectivity index (χ3n) is 4.39. The Morgan fingerprint density at radius 2 is 2.00 bits per heavy atom. The molecule has 146 valence electrons. The van der Waals surface area contributed by atoms with Crippen LogP contribution in [-0.2, 0) is 9.53 Å². The number of furan rings is 1. The maximum atomic E-state index is 12.7. The van der Waals surface area contributed by atoms with Gasteiger partial charge in [-0.15, -0.1) is 0 Å². The van der Waals surface area contributed by atoms with Crippen molar-refractivity contribution in [3.63, 3.8) is 0 Å². The van der Waals surface area contributed by atoms with Crippen LogP contribution in [0.15, 0.2) is 46.9 Å². The average molecular weight is 380 g/mol. The third kappa shape index (κ3) is 4.57. The van der Waals surface area contributed by atoms with Crippen molar-refractivity contribution in [3.05, 3.63) is 53.8 Å². The van der Waals surface area contributed by atoms with Gasteiger partial charge in [0.2, 0.25) is 0 Å². The lowest BCUT2D eigenvalue weighted by Crippen LogP contribution is -2.35. The van der Waals surface area contributed by atoms with Crippen molar-refractivity contribution in [3.8, 4) is 11.5 Å². The Hall–Kier alpha value is -3.15. The van der Waals surface area contributed by atoms with Gasteiger partial charge in [-0.25, -0.2) is 9.78 Å². The Kier molecular flexibility index (Phi) is 6.09. The normalized spacial score (nSPS) is 12.0. The number of esters is 1. The molecule has 0 unspecified atom stereocenters. The van der Waals surface area contributed by atoms with Crippen molar-refractivity contribution in [2.45, 2.75) is 39.7 Å². The summed E-state index contributed by atoms with van der Waals surface area (Å²) in [5.41, 5.74) is 1.55. The van der Waals surface area contributed by atoms with E-state index in [2.05, 4.69) is 17.2 Å². The van der Waals surface area contributed by atoms with E-state index in [1.165, 1.54) is 0 Å². The van der Waals surface area contributed by atoms with Crippen molar-refractivity contribution in [2.24, 2.45) is 0 Å². The van der Waals surface area contributed by atoms with E-state index in [0.717, 1.165) is 18.6 Å². The molecule has 0 bridgehead atoms. The minimum Gasteiger partial charge on any atom is -0.460 e. The largest absolute Gasteiger partial charge is 0.460 e. The number of hydrogen-bond donors (Lipinski definition) is 1. The molecule has 3 aromatic rings. The number of hydrogen-bond acceptors (Lipinski definition) is 5. The Morgan fingerprint density at radius 3 is 2.71 bits per heavy atom.